The maximum absolute atomic E-state index is 14.4. The maximum Gasteiger partial charge on any atom is 0.393 e. The molecule has 4 aliphatic rings. The second kappa shape index (κ2) is 9.26. The predicted molar refractivity (Wildman–Crippen MR) is 124 cm³/mol. The van der Waals surface area contributed by atoms with Gasteiger partial charge in [-0.1, -0.05) is 6.92 Å². The molecular weight excluding hydrogens is 457 g/mol. The molecule has 35 heavy (non-hydrogen) atoms. The molecule has 1 heterocycles. The summed E-state index contributed by atoms with van der Waals surface area (Å²) in [4.78, 5) is 1.15. The molecule has 0 aliphatic heterocycles. The van der Waals surface area contributed by atoms with Gasteiger partial charge in [0.25, 0.3) is 0 Å². The van der Waals surface area contributed by atoms with Crippen LogP contribution in [0.3, 0.4) is 0 Å². The van der Waals surface area contributed by atoms with Crippen LogP contribution in [0, 0.1) is 53.8 Å². The van der Waals surface area contributed by atoms with E-state index in [9.17, 15) is 18.3 Å². The Morgan fingerprint density at radius 3 is 2.54 bits per heavy atom. The Hall–Kier alpha value is -1.22. The molecule has 4 fully saturated rings. The second-order valence-corrected chi connectivity index (χ2v) is 12.3. The number of ether oxygens (including phenoxy) is 1. The van der Waals surface area contributed by atoms with E-state index < -0.39 is 23.6 Å². The average Bonchev–Trinajstić information content (AvgIpc) is 3.37. The van der Waals surface area contributed by atoms with E-state index >= 15 is 0 Å². The molecule has 0 saturated heterocycles. The molecule has 4 aliphatic carbocycles. The zero-order chi connectivity index (χ0) is 25.0. The number of fused-ring (bicyclic) bond motifs is 5. The van der Waals surface area contributed by atoms with E-state index in [0.29, 0.717) is 55.0 Å². The van der Waals surface area contributed by atoms with Gasteiger partial charge < -0.3 is 9.84 Å². The molecule has 0 radical (unpaired) electrons. The Morgan fingerprint density at radius 1 is 1.09 bits per heavy atom. The molecular formula is C26H41F3N4O2. The van der Waals surface area contributed by atoms with Gasteiger partial charge in [-0.3, -0.25) is 0 Å². The first-order chi connectivity index (χ1) is 16.5. The number of alkyl halides is 3. The number of hydrogen-bond acceptors (Lipinski definition) is 5. The van der Waals surface area contributed by atoms with E-state index in [0.717, 1.165) is 56.2 Å². The third-order valence-electron chi connectivity index (χ3n) is 10.6. The molecule has 4 saturated carbocycles. The second-order valence-electron chi connectivity index (χ2n) is 12.3. The van der Waals surface area contributed by atoms with Crippen molar-refractivity contribution in [1.29, 1.82) is 0 Å². The number of hydrogen-bond donors (Lipinski definition) is 1. The SMILES string of the molecule is CCOC[C@@]1(O)CC[C@H]2[C@H](CC[C@@H]3[C@@H]2CC[C@]2(C)[C@@H](C(Cn4nnc(C)n4)C(F)(F)F)CC[C@@H]32)C1. The van der Waals surface area contributed by atoms with Gasteiger partial charge in [0.2, 0.25) is 0 Å². The Balaban J connectivity index is 1.32. The van der Waals surface area contributed by atoms with Gasteiger partial charge in [0.15, 0.2) is 5.82 Å². The first kappa shape index (κ1) is 25.4. The number of nitrogens with zero attached hydrogens (tertiary/aromatic N) is 4. The minimum Gasteiger partial charge on any atom is -0.387 e. The summed E-state index contributed by atoms with van der Waals surface area (Å²) in [6.45, 7) is 6.56. The highest BCUT2D eigenvalue weighted by atomic mass is 19.4. The van der Waals surface area contributed by atoms with E-state index in [-0.39, 0.29) is 12.0 Å². The van der Waals surface area contributed by atoms with Crippen molar-refractivity contribution >= 4 is 0 Å². The van der Waals surface area contributed by atoms with Crippen LogP contribution < -0.4 is 0 Å². The van der Waals surface area contributed by atoms with E-state index in [4.69, 9.17) is 4.74 Å². The van der Waals surface area contributed by atoms with Crippen molar-refractivity contribution < 1.29 is 23.0 Å². The maximum atomic E-state index is 14.4. The zero-order valence-electron chi connectivity index (χ0n) is 21.3. The van der Waals surface area contributed by atoms with Gasteiger partial charge in [-0.25, -0.2) is 0 Å². The fraction of sp³-hybridized carbons (Fsp3) is 0.962. The van der Waals surface area contributed by atoms with Gasteiger partial charge in [-0.15, -0.1) is 10.2 Å². The lowest BCUT2D eigenvalue weighted by molar-refractivity contribution is -0.210. The van der Waals surface area contributed by atoms with Crippen LogP contribution in [0.15, 0.2) is 0 Å². The fourth-order valence-electron chi connectivity index (χ4n) is 9.12. The number of aryl methyl sites for hydroxylation is 1. The molecule has 1 N–H and O–H groups in total. The van der Waals surface area contributed by atoms with Crippen molar-refractivity contribution in [2.45, 2.75) is 96.9 Å². The molecule has 9 heteroatoms. The highest BCUT2D eigenvalue weighted by Crippen LogP contribution is 2.66. The van der Waals surface area contributed by atoms with Gasteiger partial charge in [0.05, 0.1) is 24.7 Å². The van der Waals surface area contributed by atoms with Gasteiger partial charge in [0.1, 0.15) is 0 Å². The standard InChI is InChI=1S/C26H41F3N4O2/c1-4-35-15-25(34)12-10-18-17(13-25)5-6-20-19(18)9-11-24(3)21(20)7-8-22(24)23(26(27,28)29)14-33-31-16(2)30-32-33/h17-23,34H,4-15H2,1-3H3/t17-,18+,19-,20-,21+,22-,23?,24+,25-/m1/s1. The molecule has 0 bridgehead atoms. The van der Waals surface area contributed by atoms with Crippen molar-refractivity contribution in [2.75, 3.05) is 13.2 Å². The van der Waals surface area contributed by atoms with E-state index in [1.807, 2.05) is 6.92 Å². The predicted octanol–water partition coefficient (Wildman–Crippen LogP) is 5.20. The molecule has 1 aromatic rings. The minimum absolute atomic E-state index is 0.242. The van der Waals surface area contributed by atoms with E-state index in [1.54, 1.807) is 6.92 Å². The minimum atomic E-state index is -4.28. The molecule has 0 amide bonds. The molecule has 9 atom stereocenters. The normalized spacial score (nSPS) is 42.3. The summed E-state index contributed by atoms with van der Waals surface area (Å²) >= 11 is 0. The molecule has 0 aromatic carbocycles. The summed E-state index contributed by atoms with van der Waals surface area (Å²) in [5.41, 5.74) is -1.01. The Kier molecular flexibility index (Phi) is 6.73. The lowest BCUT2D eigenvalue weighted by Gasteiger charge is -2.57. The van der Waals surface area contributed by atoms with Gasteiger partial charge >= 0.3 is 6.18 Å². The summed E-state index contributed by atoms with van der Waals surface area (Å²) < 4.78 is 48.7. The monoisotopic (exact) mass is 498 g/mol. The van der Waals surface area contributed by atoms with Crippen LogP contribution in [0.4, 0.5) is 13.2 Å². The molecule has 1 aromatic heterocycles. The topological polar surface area (TPSA) is 73.1 Å². The molecule has 1 unspecified atom stereocenters. The summed E-state index contributed by atoms with van der Waals surface area (Å²) in [6, 6.07) is 0. The zero-order valence-corrected chi connectivity index (χ0v) is 21.3. The van der Waals surface area contributed by atoms with Crippen LogP contribution in [-0.2, 0) is 11.3 Å². The van der Waals surface area contributed by atoms with Crippen molar-refractivity contribution in [2.24, 2.45) is 46.8 Å². The third-order valence-corrected chi connectivity index (χ3v) is 10.6. The van der Waals surface area contributed by atoms with Crippen molar-refractivity contribution in [3.8, 4) is 0 Å². The number of rotatable bonds is 6. The summed E-state index contributed by atoms with van der Waals surface area (Å²) in [5, 5.41) is 22.8. The Labute approximate surface area is 206 Å². The quantitative estimate of drug-likeness (QED) is 0.584. The largest absolute Gasteiger partial charge is 0.393 e. The van der Waals surface area contributed by atoms with Crippen LogP contribution in [0.25, 0.3) is 0 Å². The van der Waals surface area contributed by atoms with Crippen LogP contribution in [-0.4, -0.2) is 50.3 Å². The van der Waals surface area contributed by atoms with E-state index in [2.05, 4.69) is 22.3 Å². The van der Waals surface area contributed by atoms with Crippen LogP contribution in [0.1, 0.15) is 77.5 Å². The fourth-order valence-corrected chi connectivity index (χ4v) is 9.12. The molecule has 0 spiro atoms. The smallest absolute Gasteiger partial charge is 0.387 e. The highest BCUT2D eigenvalue weighted by Gasteiger charge is 2.62. The van der Waals surface area contributed by atoms with Gasteiger partial charge in [0, 0.05) is 6.61 Å². The Morgan fingerprint density at radius 2 is 1.86 bits per heavy atom. The number of halogens is 3. The first-order valence-corrected chi connectivity index (χ1v) is 13.7. The lowest BCUT2D eigenvalue weighted by Crippen LogP contribution is -2.53. The summed E-state index contributed by atoms with van der Waals surface area (Å²) in [6.07, 6.45) is 3.91. The average molecular weight is 499 g/mol. The summed E-state index contributed by atoms with van der Waals surface area (Å²) in [7, 11) is 0. The van der Waals surface area contributed by atoms with Gasteiger partial charge in [-0.2, -0.15) is 18.0 Å². The summed E-state index contributed by atoms with van der Waals surface area (Å²) in [5.74, 6) is 1.12. The Bertz CT molecular complexity index is 894. The number of aromatic nitrogens is 4. The highest BCUT2D eigenvalue weighted by molar-refractivity contribution is 5.08. The van der Waals surface area contributed by atoms with Gasteiger partial charge in [-0.05, 0) is 118 Å². The van der Waals surface area contributed by atoms with Crippen LogP contribution in [0.5, 0.6) is 0 Å². The molecule has 5 rings (SSSR count). The number of tetrazole rings is 1. The van der Waals surface area contributed by atoms with E-state index in [1.165, 1.54) is 0 Å². The molecule has 198 valence electrons. The van der Waals surface area contributed by atoms with Crippen molar-refractivity contribution in [3.05, 3.63) is 5.82 Å². The van der Waals surface area contributed by atoms with Crippen molar-refractivity contribution in [1.82, 2.24) is 20.2 Å². The van der Waals surface area contributed by atoms with Crippen LogP contribution in [0.2, 0.25) is 0 Å². The lowest BCUT2D eigenvalue weighted by atomic mass is 9.48. The number of aliphatic hydroxyl groups is 1. The molecule has 6 nitrogen and oxygen atoms in total. The third kappa shape index (κ3) is 4.64. The van der Waals surface area contributed by atoms with Crippen LogP contribution >= 0.6 is 0 Å². The van der Waals surface area contributed by atoms with Crippen molar-refractivity contribution in [3.63, 3.8) is 0 Å². The first-order valence-electron chi connectivity index (χ1n) is 13.7.